The molecule has 4 aromatic rings. The quantitative estimate of drug-likeness (QED) is 0.240. The molecule has 0 spiro atoms. The van der Waals surface area contributed by atoms with Gasteiger partial charge in [-0.3, -0.25) is 4.79 Å². The Morgan fingerprint density at radius 1 is 0.633 bits per heavy atom. The van der Waals surface area contributed by atoms with Crippen molar-refractivity contribution in [3.05, 3.63) is 119 Å². The second-order valence-electron chi connectivity index (χ2n) is 8.08. The molecule has 30 heavy (non-hydrogen) atoms. The molecule has 0 bridgehead atoms. The van der Waals surface area contributed by atoms with Crippen molar-refractivity contribution in [3.63, 3.8) is 0 Å². The predicted octanol–water partition coefficient (Wildman–Crippen LogP) is 6.86. The van der Waals surface area contributed by atoms with E-state index in [1.54, 1.807) is 0 Å². The lowest BCUT2D eigenvalue weighted by Gasteiger charge is -2.17. The van der Waals surface area contributed by atoms with E-state index >= 15 is 0 Å². The Balaban J connectivity index is 1.65. The Kier molecular flexibility index (Phi) is 3.66. The summed E-state index contributed by atoms with van der Waals surface area (Å²) in [6.07, 6.45) is 3.20. The van der Waals surface area contributed by atoms with E-state index < -0.39 is 0 Å². The molecule has 0 saturated carbocycles. The van der Waals surface area contributed by atoms with Crippen molar-refractivity contribution in [2.45, 2.75) is 12.8 Å². The maximum Gasteiger partial charge on any atom is 0.185 e. The minimum Gasteiger partial charge on any atom is -0.289 e. The van der Waals surface area contributed by atoms with Gasteiger partial charge in [0.2, 0.25) is 0 Å². The number of rotatable bonds is 3. The van der Waals surface area contributed by atoms with Gasteiger partial charge in [0.25, 0.3) is 0 Å². The summed E-state index contributed by atoms with van der Waals surface area (Å²) in [6.45, 7) is 3.76. The molecule has 6 rings (SSSR count). The Hall–Kier alpha value is -3.71. The first-order valence-electron chi connectivity index (χ1n) is 10.4. The molecule has 1 heteroatoms. The summed E-state index contributed by atoms with van der Waals surface area (Å²) in [7, 11) is 0. The molecular weight excluding hydrogens is 364 g/mol. The van der Waals surface area contributed by atoms with Gasteiger partial charge in [0.1, 0.15) is 0 Å². The minimum atomic E-state index is -0.0168. The highest BCUT2D eigenvalue weighted by Crippen LogP contribution is 2.47. The number of ketones is 1. The van der Waals surface area contributed by atoms with Crippen LogP contribution in [0.2, 0.25) is 0 Å². The summed E-state index contributed by atoms with van der Waals surface area (Å²) in [6, 6.07) is 27.8. The van der Waals surface area contributed by atoms with E-state index in [2.05, 4.69) is 79.4 Å². The van der Waals surface area contributed by atoms with Gasteiger partial charge in [0, 0.05) is 5.56 Å². The third kappa shape index (κ3) is 2.32. The summed E-state index contributed by atoms with van der Waals surface area (Å²) >= 11 is 0. The number of fused-ring (bicyclic) bond motifs is 6. The normalized spacial score (nSPS) is 12.7. The Morgan fingerprint density at radius 2 is 1.20 bits per heavy atom. The summed E-state index contributed by atoms with van der Waals surface area (Å²) in [5, 5.41) is 0. The van der Waals surface area contributed by atoms with Gasteiger partial charge in [-0.15, -0.1) is 0 Å². The SMILES string of the molecule is C=CC(=O)c1ccc2c(c1-c1cccc3c1Cc1ccccc1-3)Cc1ccccc1-2. The highest BCUT2D eigenvalue weighted by Gasteiger charge is 2.28. The monoisotopic (exact) mass is 384 g/mol. The molecule has 0 heterocycles. The van der Waals surface area contributed by atoms with Crippen LogP contribution in [0.3, 0.4) is 0 Å². The van der Waals surface area contributed by atoms with Gasteiger partial charge in [-0.05, 0) is 80.6 Å². The van der Waals surface area contributed by atoms with Gasteiger partial charge >= 0.3 is 0 Å². The Bertz CT molecular complexity index is 1370. The summed E-state index contributed by atoms with van der Waals surface area (Å²) in [5.74, 6) is -0.0168. The topological polar surface area (TPSA) is 17.1 Å². The first-order chi connectivity index (χ1) is 14.8. The van der Waals surface area contributed by atoms with Crippen LogP contribution in [0.4, 0.5) is 0 Å². The average Bonchev–Trinajstić information content (AvgIpc) is 3.36. The van der Waals surface area contributed by atoms with Crippen molar-refractivity contribution in [2.24, 2.45) is 0 Å². The number of allylic oxidation sites excluding steroid dienone is 1. The van der Waals surface area contributed by atoms with Crippen LogP contribution in [0.25, 0.3) is 33.4 Å². The van der Waals surface area contributed by atoms with Gasteiger partial charge in [-0.1, -0.05) is 79.4 Å². The fourth-order valence-electron chi connectivity index (χ4n) is 5.23. The van der Waals surface area contributed by atoms with E-state index in [1.165, 1.54) is 56.1 Å². The van der Waals surface area contributed by atoms with Gasteiger partial charge in [0.05, 0.1) is 0 Å². The number of carbonyl (C=O) groups is 1. The first kappa shape index (κ1) is 17.2. The third-order valence-electron chi connectivity index (χ3n) is 6.56. The van der Waals surface area contributed by atoms with Gasteiger partial charge < -0.3 is 0 Å². The molecule has 0 amide bonds. The van der Waals surface area contributed by atoms with Crippen LogP contribution in [0.1, 0.15) is 32.6 Å². The first-order valence-corrected chi connectivity index (χ1v) is 10.4. The number of hydrogen-bond acceptors (Lipinski definition) is 1. The van der Waals surface area contributed by atoms with Crippen LogP contribution in [0, 0.1) is 0 Å². The molecule has 1 nitrogen and oxygen atoms in total. The zero-order valence-corrected chi connectivity index (χ0v) is 16.6. The summed E-state index contributed by atoms with van der Waals surface area (Å²) in [4.78, 5) is 12.9. The highest BCUT2D eigenvalue weighted by atomic mass is 16.1. The second kappa shape index (κ2) is 6.40. The molecule has 2 aliphatic rings. The lowest BCUT2D eigenvalue weighted by Crippen LogP contribution is -2.03. The minimum absolute atomic E-state index is 0.0168. The van der Waals surface area contributed by atoms with Crippen molar-refractivity contribution in [1.29, 1.82) is 0 Å². The fourth-order valence-corrected chi connectivity index (χ4v) is 5.23. The summed E-state index contributed by atoms with van der Waals surface area (Å²) in [5.41, 5.74) is 13.4. The van der Waals surface area contributed by atoms with E-state index in [-0.39, 0.29) is 5.78 Å². The Labute approximate surface area is 176 Å². The van der Waals surface area contributed by atoms with Crippen LogP contribution in [-0.4, -0.2) is 5.78 Å². The molecular formula is C29H20O. The van der Waals surface area contributed by atoms with E-state index in [1.807, 2.05) is 6.07 Å². The second-order valence-corrected chi connectivity index (χ2v) is 8.08. The fraction of sp³-hybridized carbons (Fsp3) is 0.0690. The lowest BCUT2D eigenvalue weighted by atomic mass is 9.86. The predicted molar refractivity (Wildman–Crippen MR) is 123 cm³/mol. The largest absolute Gasteiger partial charge is 0.289 e. The average molecular weight is 384 g/mol. The van der Waals surface area contributed by atoms with Crippen LogP contribution in [0.15, 0.2) is 91.5 Å². The standard InChI is InChI=1S/C29H20O/c1-2-28(30)25-15-14-23-21-11-6-4-9-19(21)17-27(23)29(25)24-13-7-12-22-20-10-5-3-8-18(20)16-26(22)24/h2-15H,1,16-17H2. The number of benzene rings is 4. The van der Waals surface area contributed by atoms with Gasteiger partial charge in [-0.2, -0.15) is 0 Å². The molecule has 0 N–H and O–H groups in total. The zero-order valence-electron chi connectivity index (χ0n) is 16.6. The molecule has 0 atom stereocenters. The molecule has 0 fully saturated rings. The van der Waals surface area contributed by atoms with Crippen molar-refractivity contribution in [1.82, 2.24) is 0 Å². The molecule has 0 unspecified atom stereocenters. The molecule has 2 aliphatic carbocycles. The molecule has 142 valence electrons. The van der Waals surface area contributed by atoms with Crippen molar-refractivity contribution >= 4 is 5.78 Å². The van der Waals surface area contributed by atoms with E-state index in [4.69, 9.17) is 0 Å². The van der Waals surface area contributed by atoms with Crippen molar-refractivity contribution in [2.75, 3.05) is 0 Å². The molecule has 0 radical (unpaired) electrons. The van der Waals surface area contributed by atoms with Crippen LogP contribution >= 0.6 is 0 Å². The third-order valence-corrected chi connectivity index (χ3v) is 6.56. The van der Waals surface area contributed by atoms with Gasteiger partial charge in [-0.25, -0.2) is 0 Å². The maximum atomic E-state index is 12.9. The lowest BCUT2D eigenvalue weighted by molar-refractivity contribution is 0.104. The molecule has 0 saturated heterocycles. The number of hydrogen-bond donors (Lipinski definition) is 0. The van der Waals surface area contributed by atoms with Crippen molar-refractivity contribution in [3.8, 4) is 33.4 Å². The van der Waals surface area contributed by atoms with E-state index in [9.17, 15) is 4.79 Å². The molecule has 0 aromatic heterocycles. The van der Waals surface area contributed by atoms with Crippen LogP contribution in [-0.2, 0) is 12.8 Å². The van der Waals surface area contributed by atoms with Gasteiger partial charge in [0.15, 0.2) is 5.78 Å². The van der Waals surface area contributed by atoms with E-state index in [0.717, 1.165) is 24.0 Å². The zero-order chi connectivity index (χ0) is 20.2. The number of carbonyl (C=O) groups excluding carboxylic acids is 1. The van der Waals surface area contributed by atoms with Crippen LogP contribution < -0.4 is 0 Å². The highest BCUT2D eigenvalue weighted by molar-refractivity contribution is 6.11. The summed E-state index contributed by atoms with van der Waals surface area (Å²) < 4.78 is 0. The molecule has 4 aromatic carbocycles. The van der Waals surface area contributed by atoms with Crippen LogP contribution in [0.5, 0.6) is 0 Å². The molecule has 0 aliphatic heterocycles. The van der Waals surface area contributed by atoms with Crippen molar-refractivity contribution < 1.29 is 4.79 Å². The van der Waals surface area contributed by atoms with E-state index in [0.29, 0.717) is 0 Å². The smallest absolute Gasteiger partial charge is 0.185 e. The Morgan fingerprint density at radius 3 is 1.90 bits per heavy atom. The maximum absolute atomic E-state index is 12.9.